The second kappa shape index (κ2) is 21.1. The van der Waals surface area contributed by atoms with Crippen molar-refractivity contribution < 1.29 is 9.90 Å². The maximum Gasteiger partial charge on any atom is 0.333 e. The van der Waals surface area contributed by atoms with Crippen LogP contribution < -0.4 is 4.90 Å². The van der Waals surface area contributed by atoms with Crippen LogP contribution in [0.4, 0.5) is 17.1 Å². The van der Waals surface area contributed by atoms with Crippen LogP contribution in [-0.2, 0) is 10.2 Å². The highest BCUT2D eigenvalue weighted by atomic mass is 32.1. The molecule has 1 aliphatic carbocycles. The van der Waals surface area contributed by atoms with Crippen molar-refractivity contribution in [3.8, 4) is 39.7 Å². The Hall–Kier alpha value is -5.04. The summed E-state index contributed by atoms with van der Waals surface area (Å²) in [6.07, 6.45) is 19.4. The minimum Gasteiger partial charge on any atom is -0.486 e. The van der Waals surface area contributed by atoms with Gasteiger partial charge in [0.05, 0.1) is 6.57 Å². The average molecular weight is 905 g/mol. The first-order chi connectivity index (χ1) is 30.9. The third-order valence-corrected chi connectivity index (χ3v) is 17.4. The molecule has 0 saturated heterocycles. The van der Waals surface area contributed by atoms with Crippen molar-refractivity contribution in [2.75, 3.05) is 4.90 Å². The summed E-state index contributed by atoms with van der Waals surface area (Å²) in [4.78, 5) is 26.9. The van der Waals surface area contributed by atoms with Gasteiger partial charge in [0.2, 0.25) is 0 Å². The van der Waals surface area contributed by atoms with E-state index in [0.717, 1.165) is 31.7 Å². The number of para-hydroxylation sites is 2. The number of anilines is 3. The van der Waals surface area contributed by atoms with Crippen LogP contribution in [-0.4, -0.2) is 11.1 Å². The molecule has 0 amide bonds. The van der Waals surface area contributed by atoms with Crippen LogP contribution in [0.3, 0.4) is 0 Å². The molecule has 0 spiro atoms. The molecule has 4 heterocycles. The van der Waals surface area contributed by atoms with E-state index in [1.807, 2.05) is 34.8 Å². The van der Waals surface area contributed by atoms with Crippen molar-refractivity contribution in [2.24, 2.45) is 0 Å². The molecule has 7 aromatic rings. The minimum atomic E-state index is -1.19. The van der Waals surface area contributed by atoms with Gasteiger partial charge in [-0.2, -0.15) is 0 Å². The molecule has 4 nitrogen and oxygen atoms in total. The van der Waals surface area contributed by atoms with E-state index in [0.29, 0.717) is 0 Å². The molecule has 0 bridgehead atoms. The third kappa shape index (κ3) is 10.0. The summed E-state index contributed by atoms with van der Waals surface area (Å²) in [6, 6.07) is 44.0. The van der Waals surface area contributed by atoms with Gasteiger partial charge in [-0.05, 0) is 108 Å². The lowest BCUT2D eigenvalue weighted by Gasteiger charge is -2.31. The zero-order chi connectivity index (χ0) is 43.6. The number of thiophene rings is 4. The first-order valence-electron chi connectivity index (χ1n) is 22.7. The molecular formula is C55H56N2O2S4. The van der Waals surface area contributed by atoms with Crippen LogP contribution in [0.15, 0.2) is 127 Å². The van der Waals surface area contributed by atoms with Gasteiger partial charge in [-0.25, -0.2) is 4.85 Å². The van der Waals surface area contributed by atoms with Gasteiger partial charge in [0, 0.05) is 61.5 Å². The Morgan fingerprint density at radius 2 is 1.05 bits per heavy atom. The van der Waals surface area contributed by atoms with E-state index in [2.05, 4.69) is 133 Å². The zero-order valence-electron chi connectivity index (χ0n) is 36.4. The van der Waals surface area contributed by atoms with Crippen LogP contribution in [0.25, 0.3) is 50.6 Å². The summed E-state index contributed by atoms with van der Waals surface area (Å²) in [6.45, 7) is 11.9. The molecule has 3 aromatic carbocycles. The monoisotopic (exact) mass is 904 g/mol. The summed E-state index contributed by atoms with van der Waals surface area (Å²) in [7, 11) is 0. The molecule has 0 atom stereocenters. The summed E-state index contributed by atoms with van der Waals surface area (Å²) >= 11 is 7.29. The van der Waals surface area contributed by atoms with E-state index in [4.69, 9.17) is 6.57 Å². The zero-order valence-corrected chi connectivity index (χ0v) is 39.7. The maximum atomic E-state index is 11.5. The molecule has 0 radical (unpaired) electrons. The Balaban J connectivity index is 1.15. The van der Waals surface area contributed by atoms with Crippen LogP contribution in [0, 0.1) is 6.57 Å². The van der Waals surface area contributed by atoms with Gasteiger partial charge in [-0.1, -0.05) is 139 Å². The van der Waals surface area contributed by atoms with E-state index in [1.165, 1.54) is 137 Å². The quantitative estimate of drug-likeness (QED) is 0.0419. The minimum absolute atomic E-state index is 0.000859. The third-order valence-electron chi connectivity index (χ3n) is 12.4. The van der Waals surface area contributed by atoms with Gasteiger partial charge in [-0.15, -0.1) is 45.3 Å². The Morgan fingerprint density at radius 3 is 1.60 bits per heavy atom. The first-order valence-corrected chi connectivity index (χ1v) is 26.0. The Kier molecular flexibility index (Phi) is 14.9. The predicted octanol–water partition coefficient (Wildman–Crippen LogP) is 18.5. The number of aliphatic carboxylic acids is 1. The van der Waals surface area contributed by atoms with E-state index < -0.39 is 5.97 Å². The van der Waals surface area contributed by atoms with Crippen molar-refractivity contribution >= 4 is 74.5 Å². The lowest BCUT2D eigenvalue weighted by atomic mass is 9.71. The molecule has 1 N–H and O–H groups in total. The van der Waals surface area contributed by atoms with Crippen molar-refractivity contribution in [1.29, 1.82) is 0 Å². The van der Waals surface area contributed by atoms with Crippen molar-refractivity contribution in [3.63, 3.8) is 0 Å². The number of hydrogen-bond acceptors (Lipinski definition) is 6. The van der Waals surface area contributed by atoms with E-state index in [9.17, 15) is 9.90 Å². The number of nitrogens with zero attached hydrogens (tertiary/aromatic N) is 2. The van der Waals surface area contributed by atoms with Gasteiger partial charge in [0.25, 0.3) is 5.70 Å². The second-order valence-corrected chi connectivity index (χ2v) is 21.0. The number of carboxylic acids is 1. The maximum absolute atomic E-state index is 11.5. The van der Waals surface area contributed by atoms with Crippen molar-refractivity contribution in [2.45, 2.75) is 109 Å². The topological polar surface area (TPSA) is 44.9 Å². The van der Waals surface area contributed by atoms with E-state index in [-0.39, 0.29) is 11.1 Å². The molecule has 63 heavy (non-hydrogen) atoms. The summed E-state index contributed by atoms with van der Waals surface area (Å²) in [5.74, 6) is -1.19. The van der Waals surface area contributed by atoms with Gasteiger partial charge in [-0.3, -0.25) is 4.79 Å². The average Bonchev–Trinajstić information content (AvgIpc) is 4.16. The van der Waals surface area contributed by atoms with Crippen molar-refractivity contribution in [3.05, 3.63) is 154 Å². The summed E-state index contributed by atoms with van der Waals surface area (Å²) in [5, 5.41) is 9.40. The van der Waals surface area contributed by atoms with Gasteiger partial charge in [0.1, 0.15) is 0 Å². The lowest BCUT2D eigenvalue weighted by Crippen LogP contribution is -2.25. The summed E-state index contributed by atoms with van der Waals surface area (Å²) < 4.78 is 0. The molecule has 8 heteroatoms. The highest BCUT2D eigenvalue weighted by Crippen LogP contribution is 2.62. The fourth-order valence-corrected chi connectivity index (χ4v) is 13.9. The molecule has 0 saturated carbocycles. The molecule has 322 valence electrons. The summed E-state index contributed by atoms with van der Waals surface area (Å²) in [5.41, 5.74) is 7.54. The van der Waals surface area contributed by atoms with E-state index in [1.54, 1.807) is 22.5 Å². The van der Waals surface area contributed by atoms with Crippen LogP contribution >= 0.6 is 45.3 Å². The number of fused-ring (bicyclic) bond motifs is 3. The van der Waals surface area contributed by atoms with Crippen molar-refractivity contribution in [1.82, 2.24) is 0 Å². The van der Waals surface area contributed by atoms with Crippen LogP contribution in [0.2, 0.25) is 0 Å². The molecule has 0 aliphatic heterocycles. The molecule has 8 rings (SSSR count). The van der Waals surface area contributed by atoms with Gasteiger partial charge in [0.15, 0.2) is 0 Å². The number of rotatable bonds is 22. The Morgan fingerprint density at radius 1 is 0.571 bits per heavy atom. The predicted molar refractivity (Wildman–Crippen MR) is 273 cm³/mol. The number of carboxylic acid groups (broad SMARTS) is 1. The molecule has 4 aromatic heterocycles. The molecule has 0 fully saturated rings. The Labute approximate surface area is 390 Å². The fraction of sp³-hybridized carbons (Fsp3) is 0.309. The standard InChI is InChI=1S/C55H56N2O2S4/c1-4-6-8-10-12-20-34-55(35-21-13-11-9-7-5-2)44-37-50(39-26-28-42(29-27-39)57(40-22-16-14-17-23-40)41-24-18-15-19-25-41)62-52(44)53-45(55)38-51(63-53)49-33-32-48(61-49)47-31-30-43(60-47)36-46(56-3)54(58)59/h14-19,22-33,36-38H,4-13,20-21,34-35H2,1-2H3,(H,58,59)/b46-36-. The fourth-order valence-electron chi connectivity index (χ4n) is 9.14. The highest BCUT2D eigenvalue weighted by molar-refractivity contribution is 7.29. The normalized spacial score (nSPS) is 12.9. The van der Waals surface area contributed by atoms with Crippen LogP contribution in [0.5, 0.6) is 0 Å². The lowest BCUT2D eigenvalue weighted by molar-refractivity contribution is -0.132. The SMILES string of the molecule is [C-]#[N+]/C(=C\c1ccc(-c2ccc(-c3cc4c(s3)-c3sc(-c5ccc(N(c6ccccc6)c6ccccc6)cc5)cc3C4(CCCCCCCC)CCCCCCCC)s2)s1)C(=O)O. The smallest absolute Gasteiger partial charge is 0.333 e. The Bertz CT molecular complexity index is 2600. The second-order valence-electron chi connectivity index (χ2n) is 16.7. The highest BCUT2D eigenvalue weighted by Gasteiger charge is 2.45. The van der Waals surface area contributed by atoms with E-state index >= 15 is 0 Å². The first kappa shape index (κ1) is 44.6. The number of hydrogen-bond donors (Lipinski definition) is 1. The molecular weight excluding hydrogens is 849 g/mol. The van der Waals surface area contributed by atoms with Gasteiger partial charge >= 0.3 is 5.97 Å². The number of unbranched alkanes of at least 4 members (excludes halogenated alkanes) is 10. The number of carbonyl (C=O) groups is 1. The van der Waals surface area contributed by atoms with Gasteiger partial charge < -0.3 is 10.0 Å². The molecule has 1 aliphatic rings. The largest absolute Gasteiger partial charge is 0.486 e. The van der Waals surface area contributed by atoms with Crippen LogP contribution in [0.1, 0.15) is 120 Å². The molecule has 0 unspecified atom stereocenters. The number of benzene rings is 3.